The standard InChI is InChI=1S/C27H58O4P2/c1-6-8-9-10-11-12-13-14-15-16-17-18-19-20-21-22-23-24-25-26-27-30-32(28,29)31-33(3,4,5)7-2/h14-15H,6-13,16-27H2,1-5H3,(H,28,29)/b15-14-. The Hall–Kier alpha value is 0.280. The van der Waals surface area contributed by atoms with Crippen LogP contribution in [0.4, 0.5) is 0 Å². The molecule has 0 saturated heterocycles. The summed E-state index contributed by atoms with van der Waals surface area (Å²) >= 11 is 0. The molecule has 0 aromatic heterocycles. The molecule has 4 nitrogen and oxygen atoms in total. The van der Waals surface area contributed by atoms with Gasteiger partial charge in [-0.1, -0.05) is 57.6 Å². The predicted molar refractivity (Wildman–Crippen MR) is 150 cm³/mol. The van der Waals surface area contributed by atoms with Crippen molar-refractivity contribution in [1.82, 2.24) is 0 Å². The molecular weight excluding hydrogens is 450 g/mol. The second-order valence-corrected chi connectivity index (χ2v) is 19.4. The van der Waals surface area contributed by atoms with Crippen LogP contribution in [0.2, 0.25) is 0 Å². The van der Waals surface area contributed by atoms with E-state index in [0.717, 1.165) is 19.0 Å². The minimum absolute atomic E-state index is 0.303. The van der Waals surface area contributed by atoms with E-state index in [1.165, 1.54) is 103 Å². The predicted octanol–water partition coefficient (Wildman–Crippen LogP) is 10.1. The van der Waals surface area contributed by atoms with E-state index in [1.54, 1.807) is 0 Å². The monoisotopic (exact) mass is 508 g/mol. The summed E-state index contributed by atoms with van der Waals surface area (Å²) in [5.74, 6) is 0. The average molecular weight is 509 g/mol. The van der Waals surface area contributed by atoms with Gasteiger partial charge in [-0.25, -0.2) is 0 Å². The van der Waals surface area contributed by atoms with Crippen LogP contribution in [0.5, 0.6) is 0 Å². The summed E-state index contributed by atoms with van der Waals surface area (Å²) in [7, 11) is -3.94. The summed E-state index contributed by atoms with van der Waals surface area (Å²) in [6.45, 7) is 7.88. The van der Waals surface area contributed by atoms with Gasteiger partial charge in [-0.2, -0.15) is 0 Å². The van der Waals surface area contributed by atoms with Crippen LogP contribution in [0, 0.1) is 0 Å². The van der Waals surface area contributed by atoms with Crippen molar-refractivity contribution in [2.75, 3.05) is 32.8 Å². The van der Waals surface area contributed by atoms with Gasteiger partial charge in [0.25, 0.3) is 0 Å². The zero-order chi connectivity index (χ0) is 24.9. The fraction of sp³-hybridized carbons (Fsp3) is 0.926. The molecule has 1 unspecified atom stereocenters. The fourth-order valence-electron chi connectivity index (χ4n) is 3.70. The van der Waals surface area contributed by atoms with Crippen molar-refractivity contribution in [3.05, 3.63) is 12.2 Å². The first kappa shape index (κ1) is 33.3. The van der Waals surface area contributed by atoms with Gasteiger partial charge in [-0.05, 0) is 25.7 Å². The van der Waals surface area contributed by atoms with Crippen molar-refractivity contribution < 1.29 is 18.3 Å². The molecule has 0 aliphatic carbocycles. The number of rotatable bonds is 24. The average Bonchev–Trinajstić information content (AvgIpc) is 2.73. The van der Waals surface area contributed by atoms with E-state index in [1.807, 2.05) is 26.9 Å². The van der Waals surface area contributed by atoms with Crippen molar-refractivity contribution in [2.24, 2.45) is 0 Å². The van der Waals surface area contributed by atoms with Crippen LogP contribution in [0.3, 0.4) is 0 Å². The van der Waals surface area contributed by atoms with Crippen LogP contribution in [-0.4, -0.2) is 37.7 Å². The van der Waals surface area contributed by atoms with E-state index in [2.05, 4.69) is 19.1 Å². The number of hydrogen-bond acceptors (Lipinski definition) is 3. The normalized spacial score (nSPS) is 15.5. The molecular formula is C27H58O4P2. The summed E-state index contributed by atoms with van der Waals surface area (Å²) in [6, 6.07) is 0. The topological polar surface area (TPSA) is 55.8 Å². The van der Waals surface area contributed by atoms with E-state index in [4.69, 9.17) is 8.83 Å². The van der Waals surface area contributed by atoms with Gasteiger partial charge in [-0.3, -0.25) is 0 Å². The molecule has 0 bridgehead atoms. The first-order valence-corrected chi connectivity index (χ1v) is 19.1. The van der Waals surface area contributed by atoms with E-state index >= 15 is 0 Å². The van der Waals surface area contributed by atoms with Crippen molar-refractivity contribution >= 4 is 14.7 Å². The Morgan fingerprint density at radius 2 is 1.06 bits per heavy atom. The van der Waals surface area contributed by atoms with Crippen molar-refractivity contribution in [3.63, 3.8) is 0 Å². The number of hydrogen-bond donors (Lipinski definition) is 1. The molecule has 33 heavy (non-hydrogen) atoms. The van der Waals surface area contributed by atoms with Crippen LogP contribution >= 0.6 is 14.7 Å². The van der Waals surface area contributed by atoms with Gasteiger partial charge in [0, 0.05) is 0 Å². The molecule has 6 heteroatoms. The van der Waals surface area contributed by atoms with Gasteiger partial charge >= 0.3 is 124 Å². The van der Waals surface area contributed by atoms with E-state index in [0.29, 0.717) is 6.61 Å². The van der Waals surface area contributed by atoms with Crippen molar-refractivity contribution in [3.8, 4) is 0 Å². The second-order valence-electron chi connectivity index (χ2n) is 11.0. The first-order chi connectivity index (χ1) is 15.6. The Balaban J connectivity index is 3.39. The van der Waals surface area contributed by atoms with Crippen LogP contribution in [-0.2, 0) is 13.4 Å². The number of allylic oxidation sites excluding steroid dienone is 2. The van der Waals surface area contributed by atoms with Gasteiger partial charge in [-0.15, -0.1) is 0 Å². The Morgan fingerprint density at radius 1 is 0.667 bits per heavy atom. The molecule has 0 rings (SSSR count). The van der Waals surface area contributed by atoms with Crippen LogP contribution in [0.1, 0.15) is 129 Å². The number of unbranched alkanes of at least 4 members (excludes halogenated alkanes) is 16. The second kappa shape index (κ2) is 19.5. The fourth-order valence-corrected chi connectivity index (χ4v) is 7.77. The molecule has 0 fully saturated rings. The zero-order valence-electron chi connectivity index (χ0n) is 22.9. The minimum atomic E-state index is -3.94. The van der Waals surface area contributed by atoms with Gasteiger partial charge in [0.15, 0.2) is 0 Å². The Morgan fingerprint density at radius 3 is 1.48 bits per heavy atom. The third kappa shape index (κ3) is 23.8. The van der Waals surface area contributed by atoms with Crippen LogP contribution < -0.4 is 0 Å². The molecule has 0 aliphatic heterocycles. The first-order valence-electron chi connectivity index (χ1n) is 13.9. The van der Waals surface area contributed by atoms with Gasteiger partial charge in [0.2, 0.25) is 0 Å². The van der Waals surface area contributed by atoms with E-state index < -0.39 is 14.7 Å². The quantitative estimate of drug-likeness (QED) is 0.0800. The third-order valence-electron chi connectivity index (χ3n) is 6.39. The Kier molecular flexibility index (Phi) is 19.6. The summed E-state index contributed by atoms with van der Waals surface area (Å²) < 4.78 is 22.8. The third-order valence-corrected chi connectivity index (χ3v) is 12.3. The van der Waals surface area contributed by atoms with Crippen LogP contribution in [0.15, 0.2) is 12.2 Å². The summed E-state index contributed by atoms with van der Waals surface area (Å²) in [4.78, 5) is 9.95. The molecule has 1 N–H and O–H groups in total. The van der Waals surface area contributed by atoms with E-state index in [9.17, 15) is 9.46 Å². The van der Waals surface area contributed by atoms with Gasteiger partial charge < -0.3 is 0 Å². The molecule has 200 valence electrons. The van der Waals surface area contributed by atoms with Gasteiger partial charge in [0.05, 0.1) is 0 Å². The van der Waals surface area contributed by atoms with Gasteiger partial charge in [0.1, 0.15) is 0 Å². The summed E-state index contributed by atoms with van der Waals surface area (Å²) in [5.41, 5.74) is 0. The molecule has 0 radical (unpaired) electrons. The van der Waals surface area contributed by atoms with Crippen molar-refractivity contribution in [2.45, 2.75) is 129 Å². The summed E-state index contributed by atoms with van der Waals surface area (Å²) in [5, 5.41) is 0. The van der Waals surface area contributed by atoms with Crippen LogP contribution in [0.25, 0.3) is 0 Å². The molecule has 0 heterocycles. The molecule has 0 spiro atoms. The van der Waals surface area contributed by atoms with E-state index in [-0.39, 0.29) is 0 Å². The molecule has 0 aliphatic rings. The molecule has 0 saturated carbocycles. The van der Waals surface area contributed by atoms with Crippen molar-refractivity contribution in [1.29, 1.82) is 0 Å². The maximum absolute atomic E-state index is 12.1. The number of phosphoric acid groups is 1. The molecule has 0 aromatic carbocycles. The summed E-state index contributed by atoms with van der Waals surface area (Å²) in [6.07, 6.45) is 28.7. The SMILES string of the molecule is CCCCCCCC/C=C\CCCCCCCCCCCCOP(=O)(O)OP(C)(C)(C)CC. The maximum atomic E-state index is 12.1. The number of phosphoric ester groups is 1. The molecule has 1 atom stereocenters. The Bertz CT molecular complexity index is 526. The molecule has 0 aromatic rings. The molecule has 0 amide bonds. The Labute approximate surface area is 207 Å². The zero-order valence-corrected chi connectivity index (χ0v) is 24.7.